The van der Waals surface area contributed by atoms with Crippen molar-refractivity contribution >= 4 is 45.2 Å². The van der Waals surface area contributed by atoms with Crippen molar-refractivity contribution in [2.45, 2.75) is 5.50 Å². The highest BCUT2D eigenvalue weighted by Gasteiger charge is 2.43. The number of nitriles is 1. The van der Waals surface area contributed by atoms with E-state index >= 15 is 0 Å². The van der Waals surface area contributed by atoms with Gasteiger partial charge in [-0.2, -0.15) is 5.26 Å². The number of nitrogens with zero attached hydrogens (tertiary/aromatic N) is 2. The third kappa shape index (κ3) is 2.01. The Balaban J connectivity index is 2.09. The van der Waals surface area contributed by atoms with E-state index in [0.717, 1.165) is 14.9 Å². The number of carbonyl (C=O) groups excluding carboxylic acids is 2. The first kappa shape index (κ1) is 13.2. The van der Waals surface area contributed by atoms with Crippen LogP contribution in [0.3, 0.4) is 0 Å². The Labute approximate surface area is 127 Å². The average molecular weight is 350 g/mol. The van der Waals surface area contributed by atoms with Crippen molar-refractivity contribution < 1.29 is 9.59 Å². The summed E-state index contributed by atoms with van der Waals surface area (Å²) in [5.74, 6) is -0.542. The summed E-state index contributed by atoms with van der Waals surface area (Å²) in [7, 11) is 0. The first-order chi connectivity index (χ1) is 9.61. The van der Waals surface area contributed by atoms with Crippen LogP contribution in [0.4, 0.5) is 0 Å². The second-order valence-corrected chi connectivity index (χ2v) is 6.23. The molecular weight excluding hydrogens is 342 g/mol. The zero-order valence-corrected chi connectivity index (χ0v) is 12.5. The summed E-state index contributed by atoms with van der Waals surface area (Å²) in [5, 5.41) is 12.3. The molecule has 3 rings (SSSR count). The minimum absolute atomic E-state index is 0.0283. The summed E-state index contributed by atoms with van der Waals surface area (Å²) in [5.41, 5.74) is 0.774. The molecular formula is C13H8BrN3O2S. The molecule has 2 heterocycles. The predicted octanol–water partition coefficient (Wildman–Crippen LogP) is 1.67. The Morgan fingerprint density at radius 2 is 2.05 bits per heavy atom. The summed E-state index contributed by atoms with van der Waals surface area (Å²) in [6.07, 6.45) is 0. The van der Waals surface area contributed by atoms with Gasteiger partial charge in [0.1, 0.15) is 11.6 Å². The van der Waals surface area contributed by atoms with Crippen LogP contribution < -0.4 is 5.32 Å². The Bertz CT molecular complexity index is 678. The molecule has 0 radical (unpaired) electrons. The number of thioether (sulfide) groups is 1. The summed E-state index contributed by atoms with van der Waals surface area (Å²) >= 11 is 4.68. The zero-order chi connectivity index (χ0) is 14.3. The molecule has 0 bridgehead atoms. The number of carbonyl (C=O) groups is 2. The minimum Gasteiger partial charge on any atom is -0.355 e. The number of benzene rings is 1. The third-order valence-corrected chi connectivity index (χ3v) is 4.65. The van der Waals surface area contributed by atoms with Gasteiger partial charge in [-0.1, -0.05) is 28.1 Å². The maximum atomic E-state index is 12.3. The van der Waals surface area contributed by atoms with E-state index in [1.54, 1.807) is 0 Å². The minimum atomic E-state index is -0.524. The van der Waals surface area contributed by atoms with E-state index in [0.29, 0.717) is 5.70 Å². The smallest absolute Gasteiger partial charge is 0.275 e. The Morgan fingerprint density at radius 3 is 2.70 bits per heavy atom. The van der Waals surface area contributed by atoms with Crippen molar-refractivity contribution in [1.82, 2.24) is 10.2 Å². The van der Waals surface area contributed by atoms with E-state index in [2.05, 4.69) is 21.2 Å². The van der Waals surface area contributed by atoms with Gasteiger partial charge in [0.15, 0.2) is 5.50 Å². The molecule has 1 aromatic carbocycles. The van der Waals surface area contributed by atoms with Crippen molar-refractivity contribution in [2.75, 3.05) is 5.75 Å². The lowest BCUT2D eigenvalue weighted by molar-refractivity contribution is -0.141. The molecule has 5 nitrogen and oxygen atoms in total. The quantitative estimate of drug-likeness (QED) is 0.780. The van der Waals surface area contributed by atoms with Crippen molar-refractivity contribution in [3.8, 4) is 6.07 Å². The van der Waals surface area contributed by atoms with Crippen LogP contribution in [0, 0.1) is 11.3 Å². The fraction of sp³-hybridized carbons (Fsp3) is 0.154. The number of fused-ring (bicyclic) bond motifs is 1. The van der Waals surface area contributed by atoms with Crippen molar-refractivity contribution in [1.29, 1.82) is 5.26 Å². The molecule has 0 aromatic heterocycles. The molecule has 1 N–H and O–H groups in total. The Hall–Kier alpha value is -1.78. The van der Waals surface area contributed by atoms with Crippen LogP contribution in [0.1, 0.15) is 5.56 Å². The lowest BCUT2D eigenvalue weighted by Gasteiger charge is -2.30. The van der Waals surface area contributed by atoms with Gasteiger partial charge in [0.2, 0.25) is 5.91 Å². The van der Waals surface area contributed by atoms with Crippen molar-refractivity contribution in [3.63, 3.8) is 0 Å². The van der Waals surface area contributed by atoms with E-state index in [4.69, 9.17) is 0 Å². The van der Waals surface area contributed by atoms with Gasteiger partial charge in [-0.3, -0.25) is 9.59 Å². The van der Waals surface area contributed by atoms with Crippen LogP contribution in [0.15, 0.2) is 34.3 Å². The highest BCUT2D eigenvalue weighted by atomic mass is 79.9. The van der Waals surface area contributed by atoms with Crippen LogP contribution in [-0.4, -0.2) is 28.0 Å². The topological polar surface area (TPSA) is 73.2 Å². The SMILES string of the molecule is N#CC1=C(c2ccc(Br)cc2)NC2SCC(=O)N2C1=O. The van der Waals surface area contributed by atoms with Gasteiger partial charge in [-0.25, -0.2) is 4.90 Å². The molecule has 1 saturated heterocycles. The van der Waals surface area contributed by atoms with Gasteiger partial charge < -0.3 is 5.32 Å². The van der Waals surface area contributed by atoms with Gasteiger partial charge in [-0.15, -0.1) is 11.8 Å². The number of halogens is 1. The molecule has 0 saturated carbocycles. The largest absolute Gasteiger partial charge is 0.355 e. The molecule has 2 amide bonds. The Kier molecular flexibility index (Phi) is 3.28. The number of hydrogen-bond donors (Lipinski definition) is 1. The fourth-order valence-corrected chi connectivity index (χ4v) is 3.39. The molecule has 0 spiro atoms. The third-order valence-electron chi connectivity index (χ3n) is 3.06. The normalized spacial score (nSPS) is 21.6. The van der Waals surface area contributed by atoms with Crippen LogP contribution in [0.2, 0.25) is 0 Å². The van der Waals surface area contributed by atoms with Gasteiger partial charge in [0, 0.05) is 4.47 Å². The predicted molar refractivity (Wildman–Crippen MR) is 77.9 cm³/mol. The summed E-state index contributed by atoms with van der Waals surface area (Å²) < 4.78 is 0.912. The van der Waals surface area contributed by atoms with E-state index in [-0.39, 0.29) is 17.2 Å². The number of amides is 2. The van der Waals surface area contributed by atoms with E-state index < -0.39 is 11.4 Å². The molecule has 2 aliphatic heterocycles. The number of rotatable bonds is 1. The zero-order valence-electron chi connectivity index (χ0n) is 10.1. The summed E-state index contributed by atoms with van der Waals surface area (Å²) in [4.78, 5) is 25.1. The molecule has 0 aliphatic carbocycles. The molecule has 1 unspecified atom stereocenters. The number of imide groups is 1. The van der Waals surface area contributed by atoms with Gasteiger partial charge >= 0.3 is 0 Å². The number of nitrogens with one attached hydrogen (secondary N) is 1. The lowest BCUT2D eigenvalue weighted by Crippen LogP contribution is -2.50. The summed E-state index contributed by atoms with van der Waals surface area (Å²) in [6, 6.07) is 9.20. The molecule has 1 aromatic rings. The van der Waals surface area contributed by atoms with Crippen LogP contribution in [0.25, 0.3) is 5.70 Å². The van der Waals surface area contributed by atoms with Crippen LogP contribution >= 0.6 is 27.7 Å². The van der Waals surface area contributed by atoms with E-state index in [1.165, 1.54) is 11.8 Å². The van der Waals surface area contributed by atoms with Crippen LogP contribution in [0.5, 0.6) is 0 Å². The van der Waals surface area contributed by atoms with E-state index in [9.17, 15) is 14.9 Å². The van der Waals surface area contributed by atoms with E-state index in [1.807, 2.05) is 30.3 Å². The average Bonchev–Trinajstić information content (AvgIpc) is 2.81. The highest BCUT2D eigenvalue weighted by molar-refractivity contribution is 9.10. The van der Waals surface area contributed by atoms with Crippen molar-refractivity contribution in [3.05, 3.63) is 39.9 Å². The molecule has 1 fully saturated rings. The molecule has 2 aliphatic rings. The van der Waals surface area contributed by atoms with Crippen molar-refractivity contribution in [2.24, 2.45) is 0 Å². The lowest BCUT2D eigenvalue weighted by atomic mass is 10.0. The highest BCUT2D eigenvalue weighted by Crippen LogP contribution is 2.33. The van der Waals surface area contributed by atoms with Gasteiger partial charge in [0.25, 0.3) is 5.91 Å². The first-order valence-corrected chi connectivity index (χ1v) is 7.61. The molecule has 100 valence electrons. The maximum Gasteiger partial charge on any atom is 0.275 e. The standard InChI is InChI=1S/C13H8BrN3O2S/c14-8-3-1-7(2-4-8)11-9(5-15)12(19)17-10(18)6-20-13(17)16-11/h1-4,13,16H,6H2. The monoisotopic (exact) mass is 349 g/mol. The summed E-state index contributed by atoms with van der Waals surface area (Å²) in [6.45, 7) is 0. The molecule has 20 heavy (non-hydrogen) atoms. The van der Waals surface area contributed by atoms with Crippen LogP contribution in [-0.2, 0) is 9.59 Å². The molecule has 1 atom stereocenters. The fourth-order valence-electron chi connectivity index (χ4n) is 2.12. The van der Waals surface area contributed by atoms with Gasteiger partial charge in [0.05, 0.1) is 11.4 Å². The molecule has 7 heteroatoms. The maximum absolute atomic E-state index is 12.3. The number of hydrogen-bond acceptors (Lipinski definition) is 5. The van der Waals surface area contributed by atoms with Gasteiger partial charge in [-0.05, 0) is 17.7 Å². The second kappa shape index (κ2) is 4.96. The Morgan fingerprint density at radius 1 is 1.35 bits per heavy atom. The second-order valence-electron chi connectivity index (χ2n) is 4.25. The first-order valence-electron chi connectivity index (χ1n) is 5.76.